The number of Topliss-reactive ketones (excluding diaryl/α,β-unsaturated/α-hetero) is 1. The summed E-state index contributed by atoms with van der Waals surface area (Å²) in [5.41, 5.74) is -0.872. The van der Waals surface area contributed by atoms with Crippen LogP contribution in [0.3, 0.4) is 0 Å². The molecule has 0 radical (unpaired) electrons. The summed E-state index contributed by atoms with van der Waals surface area (Å²) >= 11 is 3.37. The number of methoxy groups -OCH3 is 3. The number of halogens is 1. The van der Waals surface area contributed by atoms with E-state index in [1.54, 1.807) is 19.1 Å². The molecular formula is C21H21BrO7. The molecular weight excluding hydrogens is 444 g/mol. The molecule has 154 valence electrons. The number of ketones is 1. The van der Waals surface area contributed by atoms with E-state index in [1.807, 2.05) is 12.1 Å². The molecule has 2 atom stereocenters. The summed E-state index contributed by atoms with van der Waals surface area (Å²) in [7, 11) is 4.37. The molecule has 0 N–H and O–H groups in total. The second-order valence-electron chi connectivity index (χ2n) is 6.25. The first-order valence-corrected chi connectivity index (χ1v) is 9.67. The van der Waals surface area contributed by atoms with Crippen LogP contribution in [0.25, 0.3) is 0 Å². The third-order valence-corrected chi connectivity index (χ3v) is 5.16. The van der Waals surface area contributed by atoms with Crippen LogP contribution in [0.1, 0.15) is 28.9 Å². The van der Waals surface area contributed by atoms with Gasteiger partial charge >= 0.3 is 5.97 Å². The molecule has 1 saturated heterocycles. The Balaban J connectivity index is 2.05. The van der Waals surface area contributed by atoms with E-state index in [0.717, 1.165) is 4.47 Å². The van der Waals surface area contributed by atoms with Crippen molar-refractivity contribution in [1.29, 1.82) is 0 Å². The number of rotatable bonds is 8. The van der Waals surface area contributed by atoms with Crippen LogP contribution >= 0.6 is 15.9 Å². The second-order valence-corrected chi connectivity index (χ2v) is 7.16. The Morgan fingerprint density at radius 1 is 1.03 bits per heavy atom. The van der Waals surface area contributed by atoms with Crippen LogP contribution in [0.15, 0.2) is 40.9 Å². The van der Waals surface area contributed by atoms with Crippen LogP contribution in [0.4, 0.5) is 0 Å². The maximum Gasteiger partial charge on any atom is 0.349 e. The SMILES string of the molecule is CCOC(=O)[C@]1(C(=O)c2cc(OC)c(OC)c(OC)c2)O[C@@H]1c1ccc(Br)cc1. The van der Waals surface area contributed by atoms with Crippen LogP contribution in [-0.2, 0) is 14.3 Å². The van der Waals surface area contributed by atoms with E-state index in [1.165, 1.54) is 33.5 Å². The highest BCUT2D eigenvalue weighted by Gasteiger charge is 2.70. The van der Waals surface area contributed by atoms with E-state index in [4.69, 9.17) is 23.7 Å². The highest BCUT2D eigenvalue weighted by atomic mass is 79.9. The summed E-state index contributed by atoms with van der Waals surface area (Å²) in [5, 5.41) is 0. The predicted octanol–water partition coefficient (Wildman–Crippen LogP) is 3.73. The highest BCUT2D eigenvalue weighted by Crippen LogP contribution is 2.53. The number of benzene rings is 2. The number of hydrogen-bond acceptors (Lipinski definition) is 7. The molecule has 8 heteroatoms. The van der Waals surface area contributed by atoms with Crippen LogP contribution in [0.2, 0.25) is 0 Å². The third kappa shape index (κ3) is 3.70. The molecule has 1 fully saturated rings. The van der Waals surface area contributed by atoms with E-state index in [2.05, 4.69) is 15.9 Å². The molecule has 1 aliphatic rings. The number of carbonyl (C=O) groups excluding carboxylic acids is 2. The van der Waals surface area contributed by atoms with Crippen molar-refractivity contribution in [2.24, 2.45) is 0 Å². The lowest BCUT2D eigenvalue weighted by Gasteiger charge is -2.16. The standard InChI is InChI=1S/C21H21BrO7/c1-5-28-20(24)21(19(29-21)12-6-8-14(22)9-7-12)18(23)13-10-15(25-2)17(27-4)16(11-13)26-3/h6-11,19H,5H2,1-4H3/t19-,21-/m1/s1. The summed E-state index contributed by atoms with van der Waals surface area (Å²) < 4.78 is 27.7. The Morgan fingerprint density at radius 2 is 1.62 bits per heavy atom. The van der Waals surface area contributed by atoms with Gasteiger partial charge in [0.05, 0.1) is 27.9 Å². The first kappa shape index (κ1) is 21.1. The van der Waals surface area contributed by atoms with Crippen LogP contribution in [0.5, 0.6) is 17.2 Å². The molecule has 0 unspecified atom stereocenters. The van der Waals surface area contributed by atoms with E-state index in [9.17, 15) is 9.59 Å². The van der Waals surface area contributed by atoms with Gasteiger partial charge in [-0.15, -0.1) is 0 Å². The Bertz CT molecular complexity index is 900. The molecule has 0 saturated carbocycles. The molecule has 0 spiro atoms. The molecule has 0 aliphatic carbocycles. The van der Waals surface area contributed by atoms with Crippen molar-refractivity contribution < 1.29 is 33.3 Å². The summed E-state index contributed by atoms with van der Waals surface area (Å²) in [6, 6.07) is 10.2. The van der Waals surface area contributed by atoms with Gasteiger partial charge in [0.25, 0.3) is 5.60 Å². The topological polar surface area (TPSA) is 83.6 Å². The maximum atomic E-state index is 13.4. The summed E-state index contributed by atoms with van der Waals surface area (Å²) in [6.07, 6.45) is -0.749. The zero-order valence-corrected chi connectivity index (χ0v) is 18.1. The molecule has 2 aromatic carbocycles. The Morgan fingerprint density at radius 3 is 2.10 bits per heavy atom. The zero-order chi connectivity index (χ0) is 21.2. The van der Waals surface area contributed by atoms with Crippen LogP contribution < -0.4 is 14.2 Å². The fourth-order valence-corrected chi connectivity index (χ4v) is 3.44. The fourth-order valence-electron chi connectivity index (χ4n) is 3.18. The van der Waals surface area contributed by atoms with Gasteiger partial charge in [0.1, 0.15) is 6.10 Å². The van der Waals surface area contributed by atoms with Crippen LogP contribution in [-0.4, -0.2) is 45.3 Å². The van der Waals surface area contributed by atoms with Gasteiger partial charge in [-0.05, 0) is 36.8 Å². The molecule has 2 aromatic rings. The molecule has 29 heavy (non-hydrogen) atoms. The first-order chi connectivity index (χ1) is 13.9. The van der Waals surface area contributed by atoms with Gasteiger partial charge in [0.15, 0.2) is 11.5 Å². The third-order valence-electron chi connectivity index (χ3n) is 4.63. The lowest BCUT2D eigenvalue weighted by atomic mass is 9.90. The van der Waals surface area contributed by atoms with Crippen molar-refractivity contribution in [3.63, 3.8) is 0 Å². The van der Waals surface area contributed by atoms with Crippen molar-refractivity contribution in [2.45, 2.75) is 18.6 Å². The van der Waals surface area contributed by atoms with E-state index < -0.39 is 23.5 Å². The average molecular weight is 465 g/mol. The number of carbonyl (C=O) groups is 2. The molecule has 1 heterocycles. The van der Waals surface area contributed by atoms with Gasteiger partial charge in [0.2, 0.25) is 11.5 Å². The minimum absolute atomic E-state index is 0.125. The lowest BCUT2D eigenvalue weighted by Crippen LogP contribution is -2.37. The van der Waals surface area contributed by atoms with E-state index >= 15 is 0 Å². The molecule has 1 aliphatic heterocycles. The van der Waals surface area contributed by atoms with Gasteiger partial charge in [0, 0.05) is 10.0 Å². The number of hydrogen-bond donors (Lipinski definition) is 0. The molecule has 0 aromatic heterocycles. The summed E-state index contributed by atoms with van der Waals surface area (Å²) in [5.74, 6) is -0.321. The largest absolute Gasteiger partial charge is 0.493 e. The zero-order valence-electron chi connectivity index (χ0n) is 16.5. The summed E-state index contributed by atoms with van der Waals surface area (Å²) in [6.45, 7) is 1.80. The number of epoxide rings is 1. The quantitative estimate of drug-likeness (QED) is 0.254. The van der Waals surface area contributed by atoms with Crippen molar-refractivity contribution in [1.82, 2.24) is 0 Å². The molecule has 7 nitrogen and oxygen atoms in total. The van der Waals surface area contributed by atoms with Crippen LogP contribution in [0, 0.1) is 0 Å². The molecule has 3 rings (SSSR count). The van der Waals surface area contributed by atoms with Gasteiger partial charge in [-0.25, -0.2) is 4.79 Å². The van der Waals surface area contributed by atoms with E-state index in [0.29, 0.717) is 22.8 Å². The Kier molecular flexibility index (Phi) is 6.14. The second kappa shape index (κ2) is 8.42. The van der Waals surface area contributed by atoms with Gasteiger partial charge in [-0.1, -0.05) is 28.1 Å². The van der Waals surface area contributed by atoms with Gasteiger partial charge in [-0.2, -0.15) is 0 Å². The Hall–Kier alpha value is -2.58. The van der Waals surface area contributed by atoms with Crippen molar-refractivity contribution in [3.8, 4) is 17.2 Å². The molecule has 0 bridgehead atoms. The maximum absolute atomic E-state index is 13.4. The van der Waals surface area contributed by atoms with Crippen molar-refractivity contribution in [2.75, 3.05) is 27.9 Å². The summed E-state index contributed by atoms with van der Waals surface area (Å²) in [4.78, 5) is 26.2. The predicted molar refractivity (Wildman–Crippen MR) is 108 cm³/mol. The smallest absolute Gasteiger partial charge is 0.349 e. The normalized spacial score (nSPS) is 20.0. The monoisotopic (exact) mass is 464 g/mol. The van der Waals surface area contributed by atoms with Gasteiger partial charge in [-0.3, -0.25) is 4.79 Å². The molecule has 0 amide bonds. The number of esters is 1. The first-order valence-electron chi connectivity index (χ1n) is 8.88. The highest BCUT2D eigenvalue weighted by molar-refractivity contribution is 9.10. The average Bonchev–Trinajstić information content (AvgIpc) is 3.49. The fraction of sp³-hybridized carbons (Fsp3) is 0.333. The van der Waals surface area contributed by atoms with Gasteiger partial charge < -0.3 is 23.7 Å². The van der Waals surface area contributed by atoms with E-state index in [-0.39, 0.29) is 12.2 Å². The minimum Gasteiger partial charge on any atom is -0.493 e. The van der Waals surface area contributed by atoms with Crippen molar-refractivity contribution >= 4 is 27.7 Å². The lowest BCUT2D eigenvalue weighted by molar-refractivity contribution is -0.147. The Labute approximate surface area is 177 Å². The number of ether oxygens (including phenoxy) is 5. The minimum atomic E-state index is -1.76. The van der Waals surface area contributed by atoms with Crippen molar-refractivity contribution in [3.05, 3.63) is 52.0 Å².